The largest absolute Gasteiger partial charge is 0.376 e. The Hall–Kier alpha value is -0.610. The molecule has 0 spiro atoms. The van der Waals surface area contributed by atoms with Crippen molar-refractivity contribution in [1.82, 2.24) is 10.6 Å². The van der Waals surface area contributed by atoms with E-state index in [1.165, 1.54) is 12.8 Å². The number of carbonyl (C=O) groups is 1. The zero-order chi connectivity index (χ0) is 11.8. The Morgan fingerprint density at radius 3 is 2.76 bits per heavy atom. The molecule has 2 N–H and O–H groups in total. The molecule has 0 aromatic rings. The quantitative estimate of drug-likeness (QED) is 0.760. The van der Waals surface area contributed by atoms with Gasteiger partial charge in [-0.3, -0.25) is 4.79 Å². The minimum absolute atomic E-state index is 0.149. The molecule has 1 saturated carbocycles. The van der Waals surface area contributed by atoms with Crippen LogP contribution in [0.4, 0.5) is 0 Å². The Morgan fingerprint density at radius 1 is 1.29 bits per heavy atom. The van der Waals surface area contributed by atoms with Crippen molar-refractivity contribution in [2.45, 2.75) is 50.8 Å². The van der Waals surface area contributed by atoms with Crippen LogP contribution in [0.15, 0.2) is 0 Å². The minimum atomic E-state index is 0.149. The first kappa shape index (κ1) is 11.5. The van der Waals surface area contributed by atoms with Crippen LogP contribution in [-0.4, -0.2) is 37.2 Å². The van der Waals surface area contributed by atoms with Gasteiger partial charge < -0.3 is 15.4 Å². The van der Waals surface area contributed by atoms with E-state index in [1.54, 1.807) is 0 Å². The summed E-state index contributed by atoms with van der Waals surface area (Å²) in [6.45, 7) is 3.87. The summed E-state index contributed by atoms with van der Waals surface area (Å²) < 4.78 is 5.75. The van der Waals surface area contributed by atoms with E-state index in [-0.39, 0.29) is 17.9 Å². The third-order valence-corrected chi connectivity index (χ3v) is 4.41. The number of rotatable bonds is 3. The van der Waals surface area contributed by atoms with Crippen molar-refractivity contribution in [2.24, 2.45) is 11.8 Å². The van der Waals surface area contributed by atoms with Crippen LogP contribution in [0.5, 0.6) is 0 Å². The number of hydrogen-bond donors (Lipinski definition) is 2. The lowest BCUT2D eigenvalue weighted by molar-refractivity contribution is -0.126. The highest BCUT2D eigenvalue weighted by Gasteiger charge is 2.42. The van der Waals surface area contributed by atoms with Gasteiger partial charge in [0.05, 0.1) is 18.1 Å². The summed E-state index contributed by atoms with van der Waals surface area (Å²) in [4.78, 5) is 12.2. The summed E-state index contributed by atoms with van der Waals surface area (Å²) in [7, 11) is 0. The van der Waals surface area contributed by atoms with Crippen molar-refractivity contribution in [3.05, 3.63) is 0 Å². The molecular formula is C13H22N2O2. The van der Waals surface area contributed by atoms with Crippen LogP contribution in [0.25, 0.3) is 0 Å². The lowest BCUT2D eigenvalue weighted by Crippen LogP contribution is -2.46. The van der Waals surface area contributed by atoms with Gasteiger partial charge >= 0.3 is 0 Å². The number of nitrogens with one attached hydrogen (secondary N) is 2. The zero-order valence-corrected chi connectivity index (χ0v) is 10.4. The predicted octanol–water partition coefficient (Wildman–Crippen LogP) is 0.668. The van der Waals surface area contributed by atoms with Gasteiger partial charge in [-0.05, 0) is 45.1 Å². The Bertz CT molecular complexity index is 304. The molecule has 3 fully saturated rings. The monoisotopic (exact) mass is 238 g/mol. The van der Waals surface area contributed by atoms with Crippen molar-refractivity contribution in [3.8, 4) is 0 Å². The van der Waals surface area contributed by atoms with Crippen LogP contribution in [-0.2, 0) is 9.53 Å². The first-order valence-corrected chi connectivity index (χ1v) is 6.91. The summed E-state index contributed by atoms with van der Waals surface area (Å²) in [5.74, 6) is 1.08. The molecule has 4 atom stereocenters. The molecule has 2 saturated heterocycles. The van der Waals surface area contributed by atoms with E-state index in [1.807, 2.05) is 0 Å². The smallest absolute Gasteiger partial charge is 0.225 e. The van der Waals surface area contributed by atoms with E-state index in [0.29, 0.717) is 18.1 Å². The van der Waals surface area contributed by atoms with Crippen LogP contribution in [0.1, 0.15) is 32.6 Å². The second-order valence-electron chi connectivity index (χ2n) is 5.71. The fraction of sp³-hybridized carbons (Fsp3) is 0.923. The number of hydrogen-bond acceptors (Lipinski definition) is 3. The van der Waals surface area contributed by atoms with E-state index in [4.69, 9.17) is 4.74 Å². The topological polar surface area (TPSA) is 50.4 Å². The van der Waals surface area contributed by atoms with E-state index in [9.17, 15) is 4.79 Å². The van der Waals surface area contributed by atoms with Crippen molar-refractivity contribution in [2.75, 3.05) is 13.2 Å². The normalized spacial score (nSPS) is 41.7. The van der Waals surface area contributed by atoms with Gasteiger partial charge in [0.1, 0.15) is 0 Å². The van der Waals surface area contributed by atoms with E-state index in [2.05, 4.69) is 17.6 Å². The average Bonchev–Trinajstić information content (AvgIpc) is 2.89. The molecule has 2 heterocycles. The van der Waals surface area contributed by atoms with Gasteiger partial charge in [0, 0.05) is 12.6 Å². The first-order chi connectivity index (χ1) is 8.25. The third kappa shape index (κ3) is 2.33. The van der Waals surface area contributed by atoms with Crippen molar-refractivity contribution >= 4 is 5.91 Å². The van der Waals surface area contributed by atoms with E-state index < -0.39 is 0 Å². The average molecular weight is 238 g/mol. The van der Waals surface area contributed by atoms with Crippen molar-refractivity contribution in [1.29, 1.82) is 0 Å². The third-order valence-electron chi connectivity index (χ3n) is 4.41. The van der Waals surface area contributed by atoms with Crippen LogP contribution >= 0.6 is 0 Å². The Morgan fingerprint density at radius 2 is 2.12 bits per heavy atom. The summed E-state index contributed by atoms with van der Waals surface area (Å²) in [5, 5.41) is 6.55. The molecule has 17 heavy (non-hydrogen) atoms. The van der Waals surface area contributed by atoms with E-state index >= 15 is 0 Å². The van der Waals surface area contributed by atoms with Gasteiger partial charge in [0.25, 0.3) is 0 Å². The molecule has 3 rings (SSSR count). The summed E-state index contributed by atoms with van der Waals surface area (Å²) in [6.07, 6.45) is 4.80. The zero-order valence-electron chi connectivity index (χ0n) is 10.4. The summed E-state index contributed by atoms with van der Waals surface area (Å²) in [6, 6.07) is 0.583. The SMILES string of the molecule is CC1NCCC1C(=O)NC1CCOC1C1CC1. The van der Waals surface area contributed by atoms with Gasteiger partial charge in [0.15, 0.2) is 0 Å². The molecule has 0 bridgehead atoms. The maximum absolute atomic E-state index is 12.2. The number of amides is 1. The first-order valence-electron chi connectivity index (χ1n) is 6.91. The second kappa shape index (κ2) is 4.58. The maximum atomic E-state index is 12.2. The molecule has 1 aliphatic carbocycles. The molecule has 96 valence electrons. The highest BCUT2D eigenvalue weighted by Crippen LogP contribution is 2.38. The van der Waals surface area contributed by atoms with Crippen molar-refractivity contribution < 1.29 is 9.53 Å². The molecule has 1 amide bonds. The van der Waals surface area contributed by atoms with Crippen molar-refractivity contribution in [3.63, 3.8) is 0 Å². The number of ether oxygens (including phenoxy) is 1. The molecule has 2 aliphatic heterocycles. The molecule has 4 nitrogen and oxygen atoms in total. The van der Waals surface area contributed by atoms with Gasteiger partial charge in [0.2, 0.25) is 5.91 Å². The summed E-state index contributed by atoms with van der Waals surface area (Å²) in [5.41, 5.74) is 0. The number of carbonyl (C=O) groups excluding carboxylic acids is 1. The van der Waals surface area contributed by atoms with Crippen LogP contribution in [0, 0.1) is 11.8 Å². The molecule has 0 radical (unpaired) electrons. The Labute approximate surface area is 102 Å². The molecule has 0 aromatic heterocycles. The van der Waals surface area contributed by atoms with Gasteiger partial charge in [-0.15, -0.1) is 0 Å². The molecule has 3 aliphatic rings. The van der Waals surface area contributed by atoms with Crippen LogP contribution in [0.3, 0.4) is 0 Å². The van der Waals surface area contributed by atoms with Crippen LogP contribution in [0.2, 0.25) is 0 Å². The standard InChI is InChI=1S/C13H22N2O2/c1-8-10(4-6-14-8)13(16)15-11-5-7-17-12(11)9-2-3-9/h8-12,14H,2-7H2,1H3,(H,15,16). The second-order valence-corrected chi connectivity index (χ2v) is 5.71. The van der Waals surface area contributed by atoms with Gasteiger partial charge in [-0.25, -0.2) is 0 Å². The molecule has 4 heteroatoms. The maximum Gasteiger partial charge on any atom is 0.225 e. The van der Waals surface area contributed by atoms with E-state index in [0.717, 1.165) is 26.0 Å². The minimum Gasteiger partial charge on any atom is -0.376 e. The van der Waals surface area contributed by atoms with Crippen LogP contribution < -0.4 is 10.6 Å². The van der Waals surface area contributed by atoms with Gasteiger partial charge in [-0.1, -0.05) is 0 Å². The predicted molar refractivity (Wildman–Crippen MR) is 64.6 cm³/mol. The van der Waals surface area contributed by atoms with Gasteiger partial charge in [-0.2, -0.15) is 0 Å². The highest BCUT2D eigenvalue weighted by atomic mass is 16.5. The highest BCUT2D eigenvalue weighted by molar-refractivity contribution is 5.80. The molecular weight excluding hydrogens is 216 g/mol. The lowest BCUT2D eigenvalue weighted by atomic mass is 9.99. The molecule has 0 aromatic carbocycles. The lowest BCUT2D eigenvalue weighted by Gasteiger charge is -2.22. The summed E-state index contributed by atoms with van der Waals surface area (Å²) >= 11 is 0. The Kier molecular flexibility index (Phi) is 3.09. The Balaban J connectivity index is 1.56. The fourth-order valence-electron chi connectivity index (χ4n) is 3.16. The fourth-order valence-corrected chi connectivity index (χ4v) is 3.16. The molecule has 4 unspecified atom stereocenters.